The number of rotatable bonds is 0. The van der Waals surface area contributed by atoms with Crippen LogP contribution >= 0.6 is 0 Å². The molecule has 1 aromatic rings. The minimum Gasteiger partial charge on any atom is -0.338 e. The summed E-state index contributed by atoms with van der Waals surface area (Å²) in [5.74, 6) is 5.10. The number of hydrogen-bond donors (Lipinski definition) is 1. The van der Waals surface area contributed by atoms with E-state index in [2.05, 4.69) is 11.2 Å². The van der Waals surface area contributed by atoms with Gasteiger partial charge in [0.2, 0.25) is 0 Å². The minimum absolute atomic E-state index is 1.33. The zero-order valence-corrected chi connectivity index (χ0v) is 3.13. The second-order valence-electron chi connectivity index (χ2n) is 0.950. The van der Waals surface area contributed by atoms with E-state index in [1.807, 2.05) is 0 Å². The van der Waals surface area contributed by atoms with Crippen LogP contribution in [0.3, 0.4) is 0 Å². The van der Waals surface area contributed by atoms with Gasteiger partial charge >= 0.3 is 0 Å². The first-order valence-electron chi connectivity index (χ1n) is 1.55. The molecule has 3 heteroatoms. The highest BCUT2D eigenvalue weighted by molar-refractivity contribution is 4.69. The van der Waals surface area contributed by atoms with Crippen LogP contribution in [0.15, 0.2) is 12.5 Å². The zero-order valence-electron chi connectivity index (χ0n) is 3.13. The van der Waals surface area contributed by atoms with Crippen LogP contribution in [0.1, 0.15) is 0 Å². The molecule has 0 bridgehead atoms. The Morgan fingerprint density at radius 2 is 2.67 bits per heavy atom. The molecule has 2 N–H and O–H groups in total. The van der Waals surface area contributed by atoms with Crippen LogP contribution in [0.5, 0.6) is 0 Å². The molecule has 1 radical (unpaired) electrons. The molecule has 6 heavy (non-hydrogen) atoms. The highest BCUT2D eigenvalue weighted by atomic mass is 15.3. The molecular formula is C3H4N3. The fourth-order valence-corrected chi connectivity index (χ4v) is 0.233. The van der Waals surface area contributed by atoms with Gasteiger partial charge in [0.15, 0.2) is 0 Å². The Morgan fingerprint density at radius 1 is 1.83 bits per heavy atom. The Kier molecular flexibility index (Phi) is 0.538. The SMILES string of the molecule is Nn1c[c]nc1. The molecule has 0 saturated carbocycles. The summed E-state index contributed by atoms with van der Waals surface area (Å²) in [6, 6.07) is 0. The van der Waals surface area contributed by atoms with Gasteiger partial charge in [-0.1, -0.05) is 0 Å². The molecule has 31 valence electrons. The van der Waals surface area contributed by atoms with E-state index < -0.39 is 0 Å². The van der Waals surface area contributed by atoms with Gasteiger partial charge in [0.1, 0.15) is 12.5 Å². The van der Waals surface area contributed by atoms with Crippen molar-refractivity contribution in [2.75, 3.05) is 5.84 Å². The molecule has 0 amide bonds. The van der Waals surface area contributed by atoms with E-state index in [-0.39, 0.29) is 0 Å². The molecule has 0 saturated heterocycles. The molecule has 0 fully saturated rings. The maximum atomic E-state index is 5.10. The van der Waals surface area contributed by atoms with Crippen LogP contribution in [-0.2, 0) is 0 Å². The number of hydrogen-bond acceptors (Lipinski definition) is 2. The number of nitrogens with zero attached hydrogens (tertiary/aromatic N) is 2. The van der Waals surface area contributed by atoms with Crippen molar-refractivity contribution in [3.8, 4) is 0 Å². The third kappa shape index (κ3) is 0.337. The third-order valence-electron chi connectivity index (χ3n) is 0.472. The van der Waals surface area contributed by atoms with Crippen molar-refractivity contribution in [2.45, 2.75) is 0 Å². The number of nitrogen functional groups attached to an aromatic ring is 1. The van der Waals surface area contributed by atoms with Crippen LogP contribution in [0.4, 0.5) is 0 Å². The smallest absolute Gasteiger partial charge is 0.114 e. The molecule has 1 aromatic heterocycles. The second kappa shape index (κ2) is 1.01. The quantitative estimate of drug-likeness (QED) is 0.424. The van der Waals surface area contributed by atoms with E-state index in [1.165, 1.54) is 11.0 Å². The predicted octanol–water partition coefficient (Wildman–Crippen LogP) is -0.603. The van der Waals surface area contributed by atoms with Crippen LogP contribution < -0.4 is 5.84 Å². The van der Waals surface area contributed by atoms with Gasteiger partial charge in [0, 0.05) is 0 Å². The molecule has 0 aliphatic heterocycles. The zero-order chi connectivity index (χ0) is 4.41. The molecular weight excluding hydrogens is 78.1 g/mol. The maximum absolute atomic E-state index is 5.10. The fourth-order valence-electron chi connectivity index (χ4n) is 0.233. The number of aromatic nitrogens is 2. The summed E-state index contributed by atoms with van der Waals surface area (Å²) in [6.45, 7) is 0. The van der Waals surface area contributed by atoms with Gasteiger partial charge in [-0.3, -0.25) is 4.68 Å². The molecule has 0 aliphatic rings. The Balaban J connectivity index is 3.05. The van der Waals surface area contributed by atoms with Crippen molar-refractivity contribution < 1.29 is 0 Å². The lowest BCUT2D eigenvalue weighted by molar-refractivity contribution is 1.00. The summed E-state index contributed by atoms with van der Waals surface area (Å²) < 4.78 is 1.33. The summed E-state index contributed by atoms with van der Waals surface area (Å²) in [6.07, 6.45) is 5.53. The highest BCUT2D eigenvalue weighted by Crippen LogP contribution is 1.68. The van der Waals surface area contributed by atoms with Gasteiger partial charge in [-0.15, -0.1) is 0 Å². The third-order valence-corrected chi connectivity index (χ3v) is 0.472. The monoisotopic (exact) mass is 82.0 g/mol. The van der Waals surface area contributed by atoms with Crippen molar-refractivity contribution in [2.24, 2.45) is 0 Å². The van der Waals surface area contributed by atoms with E-state index in [1.54, 1.807) is 6.20 Å². The van der Waals surface area contributed by atoms with Crippen LogP contribution in [-0.4, -0.2) is 9.66 Å². The highest BCUT2D eigenvalue weighted by Gasteiger charge is 1.71. The Morgan fingerprint density at radius 3 is 2.83 bits per heavy atom. The average Bonchev–Trinajstić information content (AvgIpc) is 1.86. The molecule has 3 nitrogen and oxygen atoms in total. The Labute approximate surface area is 35.4 Å². The first kappa shape index (κ1) is 3.21. The maximum Gasteiger partial charge on any atom is 0.114 e. The Bertz CT molecular complexity index is 110. The summed E-state index contributed by atoms with van der Waals surface area (Å²) in [5.41, 5.74) is 0. The largest absolute Gasteiger partial charge is 0.338 e. The lowest BCUT2D eigenvalue weighted by Gasteiger charge is -1.78. The van der Waals surface area contributed by atoms with Crippen LogP contribution in [0, 0.1) is 6.20 Å². The molecule has 0 aromatic carbocycles. The molecule has 0 aliphatic carbocycles. The van der Waals surface area contributed by atoms with Crippen molar-refractivity contribution in [1.82, 2.24) is 9.66 Å². The molecule has 0 atom stereocenters. The topological polar surface area (TPSA) is 43.8 Å². The molecule has 0 spiro atoms. The number of nitrogens with two attached hydrogens (primary N) is 1. The van der Waals surface area contributed by atoms with Gasteiger partial charge in [-0.25, -0.2) is 4.98 Å². The van der Waals surface area contributed by atoms with Crippen molar-refractivity contribution in [3.63, 3.8) is 0 Å². The van der Waals surface area contributed by atoms with Crippen molar-refractivity contribution in [1.29, 1.82) is 0 Å². The average molecular weight is 82.1 g/mol. The van der Waals surface area contributed by atoms with Crippen molar-refractivity contribution >= 4 is 0 Å². The lowest BCUT2D eigenvalue weighted by Crippen LogP contribution is -2.02. The van der Waals surface area contributed by atoms with Gasteiger partial charge < -0.3 is 5.84 Å². The summed E-state index contributed by atoms with van der Waals surface area (Å²) >= 11 is 0. The van der Waals surface area contributed by atoms with Gasteiger partial charge in [-0.2, -0.15) is 0 Å². The van der Waals surface area contributed by atoms with Gasteiger partial charge in [-0.05, 0) is 0 Å². The molecule has 1 rings (SSSR count). The van der Waals surface area contributed by atoms with E-state index >= 15 is 0 Å². The van der Waals surface area contributed by atoms with Crippen LogP contribution in [0.2, 0.25) is 0 Å². The summed E-state index contributed by atoms with van der Waals surface area (Å²) in [4.78, 5) is 3.53. The van der Waals surface area contributed by atoms with E-state index in [9.17, 15) is 0 Å². The van der Waals surface area contributed by atoms with E-state index in [4.69, 9.17) is 5.84 Å². The standard InChI is InChI=1S/C3H4N3/c4-6-2-1-5-3-6/h2-3H,4H2. The summed E-state index contributed by atoms with van der Waals surface area (Å²) in [7, 11) is 0. The van der Waals surface area contributed by atoms with E-state index in [0.717, 1.165) is 0 Å². The summed E-state index contributed by atoms with van der Waals surface area (Å²) in [5, 5.41) is 0. The number of imidazole rings is 1. The molecule has 0 unspecified atom stereocenters. The first-order chi connectivity index (χ1) is 2.89. The van der Waals surface area contributed by atoms with Crippen molar-refractivity contribution in [3.05, 3.63) is 18.7 Å². The molecule has 1 heterocycles. The first-order valence-corrected chi connectivity index (χ1v) is 1.55. The fraction of sp³-hybridized carbons (Fsp3) is 0. The normalized spacial score (nSPS) is 8.67. The van der Waals surface area contributed by atoms with Gasteiger partial charge in [0.05, 0.1) is 6.20 Å². The van der Waals surface area contributed by atoms with Gasteiger partial charge in [0.25, 0.3) is 0 Å². The van der Waals surface area contributed by atoms with E-state index in [0.29, 0.717) is 0 Å². The van der Waals surface area contributed by atoms with Crippen LogP contribution in [0.25, 0.3) is 0 Å². The lowest BCUT2D eigenvalue weighted by atomic mass is 11.0. The predicted molar refractivity (Wildman–Crippen MR) is 21.2 cm³/mol. The Hall–Kier alpha value is -0.990. The minimum atomic E-state index is 1.33. The second-order valence-corrected chi connectivity index (χ2v) is 0.950.